The fourth-order valence-corrected chi connectivity index (χ4v) is 3.96. The van der Waals surface area contributed by atoms with Crippen molar-refractivity contribution in [1.82, 2.24) is 10.2 Å². The fourth-order valence-electron chi connectivity index (χ4n) is 2.18. The van der Waals surface area contributed by atoms with E-state index in [0.29, 0.717) is 12.0 Å². The highest BCUT2D eigenvalue weighted by Gasteiger charge is 2.32. The van der Waals surface area contributed by atoms with Crippen molar-refractivity contribution >= 4 is 15.9 Å². The molecule has 20 heavy (non-hydrogen) atoms. The van der Waals surface area contributed by atoms with Crippen LogP contribution in [0.2, 0.25) is 0 Å². The third-order valence-electron chi connectivity index (χ3n) is 3.46. The van der Waals surface area contributed by atoms with Gasteiger partial charge in [0.1, 0.15) is 5.82 Å². The van der Waals surface area contributed by atoms with E-state index in [9.17, 15) is 17.6 Å². The van der Waals surface area contributed by atoms with Crippen LogP contribution in [0, 0.1) is 5.82 Å². The monoisotopic (exact) mass is 300 g/mol. The molecule has 1 aromatic rings. The van der Waals surface area contributed by atoms with Crippen LogP contribution in [-0.2, 0) is 16.4 Å². The number of carbonyl (C=O) groups excluding carboxylic acids is 1. The zero-order valence-corrected chi connectivity index (χ0v) is 12.0. The Morgan fingerprint density at radius 2 is 2.15 bits per heavy atom. The number of carbonyl (C=O) groups is 1. The number of rotatable bonds is 3. The summed E-state index contributed by atoms with van der Waals surface area (Å²) in [4.78, 5) is 13.3. The molecule has 1 saturated heterocycles. The molecule has 110 valence electrons. The molecule has 1 aliphatic rings. The van der Waals surface area contributed by atoms with Gasteiger partial charge >= 0.3 is 6.03 Å². The molecule has 5 nitrogen and oxygen atoms in total. The second-order valence-electron chi connectivity index (χ2n) is 4.92. The molecule has 0 spiro atoms. The molecule has 7 heteroatoms. The molecule has 1 N–H and O–H groups in total. The maximum Gasteiger partial charge on any atom is 0.317 e. The summed E-state index contributed by atoms with van der Waals surface area (Å²) in [6.45, 7) is 0.0787. The minimum Gasteiger partial charge on any atom is -0.334 e. The SMILES string of the molecule is CN(C(=O)NCc1ccccc1F)C1CCS(=O)(=O)C1. The zero-order chi connectivity index (χ0) is 14.8. The summed E-state index contributed by atoms with van der Waals surface area (Å²) in [5, 5.41) is 2.60. The van der Waals surface area contributed by atoms with Crippen LogP contribution in [0.25, 0.3) is 0 Å². The number of amides is 2. The Balaban J connectivity index is 1.91. The van der Waals surface area contributed by atoms with E-state index in [4.69, 9.17) is 0 Å². The molecule has 1 aromatic carbocycles. The lowest BCUT2D eigenvalue weighted by Crippen LogP contribution is -2.43. The summed E-state index contributed by atoms with van der Waals surface area (Å²) in [5.74, 6) is -0.266. The quantitative estimate of drug-likeness (QED) is 0.911. The van der Waals surface area contributed by atoms with Gasteiger partial charge in [-0.1, -0.05) is 18.2 Å². The van der Waals surface area contributed by atoms with E-state index < -0.39 is 15.9 Å². The van der Waals surface area contributed by atoms with Crippen molar-refractivity contribution in [3.05, 3.63) is 35.6 Å². The number of urea groups is 1. The zero-order valence-electron chi connectivity index (χ0n) is 11.2. The lowest BCUT2D eigenvalue weighted by Gasteiger charge is -2.23. The first kappa shape index (κ1) is 14.8. The smallest absolute Gasteiger partial charge is 0.317 e. The van der Waals surface area contributed by atoms with Crippen LogP contribution >= 0.6 is 0 Å². The topological polar surface area (TPSA) is 66.5 Å². The molecular formula is C13H17FN2O3S. The van der Waals surface area contributed by atoms with Crippen molar-refractivity contribution in [1.29, 1.82) is 0 Å². The Morgan fingerprint density at radius 1 is 1.45 bits per heavy atom. The minimum atomic E-state index is -3.03. The minimum absolute atomic E-state index is 0.00336. The molecule has 0 saturated carbocycles. The van der Waals surface area contributed by atoms with Crippen LogP contribution in [0.15, 0.2) is 24.3 Å². The number of hydrogen-bond donors (Lipinski definition) is 1. The Hall–Kier alpha value is -1.63. The van der Waals surface area contributed by atoms with Crippen molar-refractivity contribution in [3.63, 3.8) is 0 Å². The van der Waals surface area contributed by atoms with Crippen molar-refractivity contribution in [2.45, 2.75) is 19.0 Å². The predicted molar refractivity (Wildman–Crippen MR) is 73.5 cm³/mol. The number of nitrogens with zero attached hydrogens (tertiary/aromatic N) is 1. The fraction of sp³-hybridized carbons (Fsp3) is 0.462. The lowest BCUT2D eigenvalue weighted by atomic mass is 10.2. The van der Waals surface area contributed by atoms with E-state index in [1.54, 1.807) is 25.2 Å². The van der Waals surface area contributed by atoms with Gasteiger partial charge in [-0.05, 0) is 12.5 Å². The Labute approximate surface area is 117 Å². The van der Waals surface area contributed by atoms with Gasteiger partial charge in [-0.2, -0.15) is 0 Å². The molecule has 0 radical (unpaired) electrons. The average molecular weight is 300 g/mol. The Bertz CT molecular complexity index is 603. The summed E-state index contributed by atoms with van der Waals surface area (Å²) in [6.07, 6.45) is 0.450. The highest BCUT2D eigenvalue weighted by molar-refractivity contribution is 7.91. The second-order valence-corrected chi connectivity index (χ2v) is 7.15. The van der Waals surface area contributed by atoms with Gasteiger partial charge in [0, 0.05) is 25.2 Å². The van der Waals surface area contributed by atoms with Crippen LogP contribution in [0.4, 0.5) is 9.18 Å². The van der Waals surface area contributed by atoms with Gasteiger partial charge in [0.2, 0.25) is 0 Å². The molecule has 1 heterocycles. The van der Waals surface area contributed by atoms with E-state index in [1.807, 2.05) is 0 Å². The maximum atomic E-state index is 13.4. The predicted octanol–water partition coefficient (Wildman–Crippen LogP) is 1.15. The number of benzene rings is 1. The highest BCUT2D eigenvalue weighted by atomic mass is 32.2. The van der Waals surface area contributed by atoms with Crippen molar-refractivity contribution in [2.75, 3.05) is 18.6 Å². The van der Waals surface area contributed by atoms with Gasteiger partial charge in [0.05, 0.1) is 11.5 Å². The number of sulfone groups is 1. The molecule has 0 bridgehead atoms. The number of nitrogens with one attached hydrogen (secondary N) is 1. The van der Waals surface area contributed by atoms with Gasteiger partial charge in [0.15, 0.2) is 9.84 Å². The molecule has 1 fully saturated rings. The van der Waals surface area contributed by atoms with Gasteiger partial charge < -0.3 is 10.2 Å². The Kier molecular flexibility index (Phi) is 4.27. The molecule has 1 atom stereocenters. The van der Waals surface area contributed by atoms with Crippen molar-refractivity contribution in [3.8, 4) is 0 Å². The lowest BCUT2D eigenvalue weighted by molar-refractivity contribution is 0.194. The van der Waals surface area contributed by atoms with E-state index in [2.05, 4.69) is 5.32 Å². The molecule has 0 aliphatic carbocycles. The third-order valence-corrected chi connectivity index (χ3v) is 5.21. The molecule has 1 unspecified atom stereocenters. The van der Waals surface area contributed by atoms with Crippen molar-refractivity contribution in [2.24, 2.45) is 0 Å². The molecule has 2 rings (SSSR count). The normalized spacial score (nSPS) is 20.6. The van der Waals surface area contributed by atoms with Crippen LogP contribution in [0.1, 0.15) is 12.0 Å². The van der Waals surface area contributed by atoms with Crippen LogP contribution in [-0.4, -0.2) is 43.9 Å². The molecule has 2 amide bonds. The van der Waals surface area contributed by atoms with Gasteiger partial charge in [-0.15, -0.1) is 0 Å². The largest absolute Gasteiger partial charge is 0.334 e. The molecule has 0 aromatic heterocycles. The molecular weight excluding hydrogens is 283 g/mol. The number of hydrogen-bond acceptors (Lipinski definition) is 3. The summed E-state index contributed by atoms with van der Waals surface area (Å²) >= 11 is 0. The first-order chi connectivity index (χ1) is 9.39. The average Bonchev–Trinajstić information content (AvgIpc) is 2.77. The standard InChI is InChI=1S/C13H17FN2O3S/c1-16(11-6-7-20(18,19)9-11)13(17)15-8-10-4-2-3-5-12(10)14/h2-5,11H,6-9H2,1H3,(H,15,17). The van der Waals surface area contributed by atoms with Crippen molar-refractivity contribution < 1.29 is 17.6 Å². The van der Waals surface area contributed by atoms with E-state index >= 15 is 0 Å². The first-order valence-electron chi connectivity index (χ1n) is 6.33. The van der Waals surface area contributed by atoms with Gasteiger partial charge in [0.25, 0.3) is 0 Å². The van der Waals surface area contributed by atoms with Crippen LogP contribution < -0.4 is 5.32 Å². The summed E-state index contributed by atoms with van der Waals surface area (Å²) in [7, 11) is -1.47. The van der Waals surface area contributed by atoms with E-state index in [1.165, 1.54) is 11.0 Å². The third kappa shape index (κ3) is 3.47. The Morgan fingerprint density at radius 3 is 2.75 bits per heavy atom. The summed E-state index contributed by atoms with van der Waals surface area (Å²) < 4.78 is 36.2. The summed E-state index contributed by atoms with van der Waals surface area (Å²) in [6, 6.07) is 5.49. The maximum absolute atomic E-state index is 13.4. The van der Waals surface area contributed by atoms with E-state index in [0.717, 1.165) is 0 Å². The number of halogens is 1. The van der Waals surface area contributed by atoms with Crippen LogP contribution in [0.5, 0.6) is 0 Å². The second kappa shape index (κ2) is 5.78. The highest BCUT2D eigenvalue weighted by Crippen LogP contribution is 2.16. The first-order valence-corrected chi connectivity index (χ1v) is 8.16. The van der Waals surface area contributed by atoms with Gasteiger partial charge in [-0.3, -0.25) is 0 Å². The summed E-state index contributed by atoms with van der Waals surface area (Å²) in [5.41, 5.74) is 0.397. The van der Waals surface area contributed by atoms with E-state index in [-0.39, 0.29) is 29.9 Å². The molecule has 1 aliphatic heterocycles. The van der Waals surface area contributed by atoms with Crippen LogP contribution in [0.3, 0.4) is 0 Å². The van der Waals surface area contributed by atoms with Gasteiger partial charge in [-0.25, -0.2) is 17.6 Å².